The van der Waals surface area contributed by atoms with Crippen molar-refractivity contribution in [3.05, 3.63) is 21.3 Å². The highest BCUT2D eigenvalue weighted by Gasteiger charge is 2.23. The van der Waals surface area contributed by atoms with Gasteiger partial charge >= 0.3 is 0 Å². The van der Waals surface area contributed by atoms with E-state index in [0.29, 0.717) is 6.04 Å². The number of nitrogens with one attached hydrogen (secondary N) is 1. The molecule has 4 heteroatoms. The van der Waals surface area contributed by atoms with Crippen molar-refractivity contribution in [1.82, 2.24) is 5.32 Å². The molecule has 0 amide bonds. The van der Waals surface area contributed by atoms with E-state index in [1.807, 2.05) is 12.1 Å². The number of nitrogens with two attached hydrogens (primary N) is 1. The van der Waals surface area contributed by atoms with E-state index in [1.165, 1.54) is 17.7 Å². The van der Waals surface area contributed by atoms with Crippen molar-refractivity contribution in [1.29, 1.82) is 0 Å². The molecule has 1 aliphatic rings. The third kappa shape index (κ3) is 2.05. The Hall–Kier alpha value is -0.0900. The molecule has 1 aliphatic heterocycles. The normalized spacial score (nSPS) is 24.9. The van der Waals surface area contributed by atoms with Gasteiger partial charge in [-0.3, -0.25) is 0 Å². The molecule has 3 N–H and O–H groups in total. The summed E-state index contributed by atoms with van der Waals surface area (Å²) in [6.45, 7) is 1.09. The molecule has 2 unspecified atom stereocenters. The Kier molecular flexibility index (Phi) is 2.89. The number of rotatable bonds is 2. The number of halogens is 1. The molecule has 2 heterocycles. The van der Waals surface area contributed by atoms with Gasteiger partial charge in [0.25, 0.3) is 0 Å². The van der Waals surface area contributed by atoms with Gasteiger partial charge in [-0.25, -0.2) is 0 Å². The first kappa shape index (κ1) is 9.46. The van der Waals surface area contributed by atoms with Crippen LogP contribution in [-0.2, 0) is 0 Å². The van der Waals surface area contributed by atoms with Crippen LogP contribution in [0.2, 0.25) is 4.34 Å². The van der Waals surface area contributed by atoms with E-state index in [2.05, 4.69) is 5.32 Å². The summed E-state index contributed by atoms with van der Waals surface area (Å²) in [5.41, 5.74) is 6.10. The highest BCUT2D eigenvalue weighted by molar-refractivity contribution is 7.16. The lowest BCUT2D eigenvalue weighted by Crippen LogP contribution is -2.33. The number of thiophene rings is 1. The van der Waals surface area contributed by atoms with Crippen molar-refractivity contribution < 1.29 is 0 Å². The van der Waals surface area contributed by atoms with Crippen molar-refractivity contribution in [2.24, 2.45) is 5.73 Å². The second-order valence-electron chi connectivity index (χ2n) is 3.37. The lowest BCUT2D eigenvalue weighted by atomic mass is 10.1. The third-order valence-electron chi connectivity index (χ3n) is 2.45. The van der Waals surface area contributed by atoms with Gasteiger partial charge in [0.05, 0.1) is 10.4 Å². The first-order chi connectivity index (χ1) is 6.27. The quantitative estimate of drug-likeness (QED) is 0.795. The Bertz CT molecular complexity index is 281. The molecule has 1 aromatic rings. The zero-order valence-corrected chi connectivity index (χ0v) is 8.87. The third-order valence-corrected chi connectivity index (χ3v) is 3.79. The second kappa shape index (κ2) is 3.96. The lowest BCUT2D eigenvalue weighted by Gasteiger charge is -2.17. The molecule has 2 nitrogen and oxygen atoms in total. The highest BCUT2D eigenvalue weighted by Crippen LogP contribution is 2.29. The van der Waals surface area contributed by atoms with Crippen LogP contribution in [0, 0.1) is 0 Å². The topological polar surface area (TPSA) is 38.0 Å². The van der Waals surface area contributed by atoms with Gasteiger partial charge in [-0.15, -0.1) is 11.3 Å². The Morgan fingerprint density at radius 2 is 2.46 bits per heavy atom. The van der Waals surface area contributed by atoms with Gasteiger partial charge in [0.1, 0.15) is 0 Å². The van der Waals surface area contributed by atoms with Crippen LogP contribution >= 0.6 is 22.9 Å². The highest BCUT2D eigenvalue weighted by atomic mass is 35.5. The van der Waals surface area contributed by atoms with E-state index in [4.69, 9.17) is 17.3 Å². The van der Waals surface area contributed by atoms with E-state index in [-0.39, 0.29) is 6.04 Å². The lowest BCUT2D eigenvalue weighted by molar-refractivity contribution is 0.506. The predicted molar refractivity (Wildman–Crippen MR) is 57.3 cm³/mol. The van der Waals surface area contributed by atoms with Crippen LogP contribution in [0.3, 0.4) is 0 Å². The van der Waals surface area contributed by atoms with Gasteiger partial charge in [-0.2, -0.15) is 0 Å². The summed E-state index contributed by atoms with van der Waals surface area (Å²) in [7, 11) is 0. The summed E-state index contributed by atoms with van der Waals surface area (Å²) in [5, 5.41) is 3.40. The number of hydrogen-bond donors (Lipinski definition) is 2. The minimum atomic E-state index is 0.111. The Morgan fingerprint density at radius 1 is 1.62 bits per heavy atom. The van der Waals surface area contributed by atoms with E-state index >= 15 is 0 Å². The first-order valence-corrected chi connectivity index (χ1v) is 5.71. The smallest absolute Gasteiger partial charge is 0.0931 e. The summed E-state index contributed by atoms with van der Waals surface area (Å²) in [6, 6.07) is 4.49. The van der Waals surface area contributed by atoms with Crippen molar-refractivity contribution in [2.75, 3.05) is 6.54 Å². The fourth-order valence-corrected chi connectivity index (χ4v) is 2.85. The molecule has 2 rings (SSSR count). The van der Waals surface area contributed by atoms with E-state index in [0.717, 1.165) is 10.9 Å². The van der Waals surface area contributed by atoms with E-state index in [9.17, 15) is 0 Å². The van der Waals surface area contributed by atoms with Gasteiger partial charge in [0.15, 0.2) is 0 Å². The second-order valence-corrected chi connectivity index (χ2v) is 5.12. The summed E-state index contributed by atoms with van der Waals surface area (Å²) >= 11 is 7.44. The molecule has 2 atom stereocenters. The molecule has 0 bridgehead atoms. The van der Waals surface area contributed by atoms with Crippen molar-refractivity contribution >= 4 is 22.9 Å². The van der Waals surface area contributed by atoms with Crippen LogP contribution in [0.5, 0.6) is 0 Å². The zero-order chi connectivity index (χ0) is 9.26. The van der Waals surface area contributed by atoms with E-state index < -0.39 is 0 Å². The van der Waals surface area contributed by atoms with Crippen LogP contribution in [-0.4, -0.2) is 12.6 Å². The average molecular weight is 217 g/mol. The predicted octanol–water partition coefficient (Wildman–Crippen LogP) is 2.15. The maximum Gasteiger partial charge on any atom is 0.0931 e. The largest absolute Gasteiger partial charge is 0.322 e. The van der Waals surface area contributed by atoms with Gasteiger partial charge in [0.2, 0.25) is 0 Å². The fraction of sp³-hybridized carbons (Fsp3) is 0.556. The molecule has 0 spiro atoms. The molecule has 1 saturated heterocycles. The fourth-order valence-electron chi connectivity index (χ4n) is 1.72. The van der Waals surface area contributed by atoms with Crippen molar-refractivity contribution in [2.45, 2.75) is 24.9 Å². The molecule has 13 heavy (non-hydrogen) atoms. The summed E-state index contributed by atoms with van der Waals surface area (Å²) in [6.07, 6.45) is 2.41. The zero-order valence-electron chi connectivity index (χ0n) is 7.29. The summed E-state index contributed by atoms with van der Waals surface area (Å²) in [4.78, 5) is 1.18. The first-order valence-electron chi connectivity index (χ1n) is 4.51. The Labute approximate surface area is 87.1 Å². The van der Waals surface area contributed by atoms with Crippen LogP contribution in [0.4, 0.5) is 0 Å². The van der Waals surface area contributed by atoms with Crippen LogP contribution < -0.4 is 11.1 Å². The molecule has 1 fully saturated rings. The number of hydrogen-bond acceptors (Lipinski definition) is 3. The van der Waals surface area contributed by atoms with Gasteiger partial charge < -0.3 is 11.1 Å². The molecule has 0 aromatic carbocycles. The van der Waals surface area contributed by atoms with Crippen molar-refractivity contribution in [3.63, 3.8) is 0 Å². The molecule has 72 valence electrons. The maximum absolute atomic E-state index is 6.10. The molecular weight excluding hydrogens is 204 g/mol. The minimum Gasteiger partial charge on any atom is -0.322 e. The Balaban J connectivity index is 2.07. The Morgan fingerprint density at radius 3 is 3.00 bits per heavy atom. The van der Waals surface area contributed by atoms with Gasteiger partial charge in [0, 0.05) is 10.9 Å². The molecule has 1 aromatic heterocycles. The van der Waals surface area contributed by atoms with Gasteiger partial charge in [-0.1, -0.05) is 11.6 Å². The average Bonchev–Trinajstić information content (AvgIpc) is 2.72. The minimum absolute atomic E-state index is 0.111. The molecular formula is C9H13ClN2S. The van der Waals surface area contributed by atoms with E-state index in [1.54, 1.807) is 11.3 Å². The summed E-state index contributed by atoms with van der Waals surface area (Å²) < 4.78 is 0.823. The SMILES string of the molecule is NC(c1ccc(Cl)s1)C1CCCN1. The molecule has 0 radical (unpaired) electrons. The van der Waals surface area contributed by atoms with Crippen LogP contribution in [0.15, 0.2) is 12.1 Å². The van der Waals surface area contributed by atoms with Crippen LogP contribution in [0.1, 0.15) is 23.8 Å². The van der Waals surface area contributed by atoms with Gasteiger partial charge in [-0.05, 0) is 31.5 Å². The van der Waals surface area contributed by atoms with Crippen LogP contribution in [0.25, 0.3) is 0 Å². The monoisotopic (exact) mass is 216 g/mol. The standard InChI is InChI=1S/C9H13ClN2S/c10-8-4-3-7(13-8)9(11)6-2-1-5-12-6/h3-4,6,9,12H,1-2,5,11H2. The maximum atomic E-state index is 6.10. The molecule has 0 saturated carbocycles. The summed E-state index contributed by atoms with van der Waals surface area (Å²) in [5.74, 6) is 0. The van der Waals surface area contributed by atoms with Crippen molar-refractivity contribution in [3.8, 4) is 0 Å². The molecule has 0 aliphatic carbocycles.